The third kappa shape index (κ3) is 5.28. The summed E-state index contributed by atoms with van der Waals surface area (Å²) in [6, 6.07) is 13.8. The van der Waals surface area contributed by atoms with E-state index in [2.05, 4.69) is 15.8 Å². The lowest BCUT2D eigenvalue weighted by Crippen LogP contribution is -2.54. The van der Waals surface area contributed by atoms with Crippen molar-refractivity contribution in [3.8, 4) is 11.6 Å². The number of halogens is 3. The number of hydrogen-bond acceptors (Lipinski definition) is 5. The van der Waals surface area contributed by atoms with Gasteiger partial charge in [0.2, 0.25) is 5.88 Å². The minimum atomic E-state index is -2.98. The van der Waals surface area contributed by atoms with Crippen LogP contribution in [0.25, 0.3) is 0 Å². The molecule has 2 aliphatic rings. The smallest absolute Gasteiger partial charge is 0.387 e. The van der Waals surface area contributed by atoms with Crippen molar-refractivity contribution >= 4 is 23.4 Å². The number of ether oxygens (including phenoxy) is 2. The van der Waals surface area contributed by atoms with E-state index in [0.717, 1.165) is 11.1 Å². The van der Waals surface area contributed by atoms with Crippen LogP contribution in [-0.4, -0.2) is 60.0 Å². The van der Waals surface area contributed by atoms with Crippen molar-refractivity contribution in [3.05, 3.63) is 87.6 Å². The zero-order valence-corrected chi connectivity index (χ0v) is 22.4. The number of methoxy groups -OCH3 is 1. The summed E-state index contributed by atoms with van der Waals surface area (Å²) in [5.41, 5.74) is 3.43. The number of benzene rings is 2. The quantitative estimate of drug-likeness (QED) is 0.417. The molecule has 5 rings (SSSR count). The van der Waals surface area contributed by atoms with Gasteiger partial charge in [-0.05, 0) is 55.2 Å². The first kappa shape index (κ1) is 26.9. The van der Waals surface area contributed by atoms with Crippen LogP contribution < -0.4 is 9.47 Å². The summed E-state index contributed by atoms with van der Waals surface area (Å²) in [4.78, 5) is 34.7. The molecular weight excluding hydrogens is 528 g/mol. The topological polar surface area (TPSA) is 72.0 Å². The Bertz CT molecular complexity index is 1410. The Labute approximate surface area is 230 Å². The molecule has 0 N–H and O–H groups in total. The summed E-state index contributed by atoms with van der Waals surface area (Å²) >= 11 is 6.32. The van der Waals surface area contributed by atoms with Crippen molar-refractivity contribution < 1.29 is 27.8 Å². The normalized spacial score (nSPS) is 16.3. The van der Waals surface area contributed by atoms with Gasteiger partial charge in [-0.2, -0.15) is 8.78 Å². The number of piperidine rings is 1. The van der Waals surface area contributed by atoms with Crippen LogP contribution in [0.1, 0.15) is 50.2 Å². The third-order valence-corrected chi connectivity index (χ3v) is 7.92. The number of amides is 2. The zero-order valence-electron chi connectivity index (χ0n) is 21.6. The Morgan fingerprint density at radius 2 is 1.79 bits per heavy atom. The van der Waals surface area contributed by atoms with E-state index in [1.54, 1.807) is 18.1 Å². The molecule has 1 aromatic heterocycles. The number of aromatic nitrogens is 1. The molecule has 2 aliphatic heterocycles. The average molecular weight is 556 g/mol. The molecule has 7 nitrogen and oxygen atoms in total. The van der Waals surface area contributed by atoms with Gasteiger partial charge in [0.15, 0.2) is 0 Å². The standard InChI is InChI=1S/C29H28ClF2N3O4/c1-18-13-20(15-33-25(18)38-2)26(36)34-11-9-29(10-12-34)17-35(16-19-5-3-4-6-23(19)29)27(37)22-8-7-21(14-24(22)30)39-28(31)32/h3-8,13-15,28H,9-12,16-17H2,1-2H3. The van der Waals surface area contributed by atoms with Crippen molar-refractivity contribution in [1.29, 1.82) is 0 Å². The Hall–Kier alpha value is -3.72. The number of hydrogen-bond donors (Lipinski definition) is 0. The number of nitrogens with zero attached hydrogens (tertiary/aromatic N) is 3. The highest BCUT2D eigenvalue weighted by atomic mass is 35.5. The molecule has 0 saturated carbocycles. The molecule has 2 aromatic carbocycles. The molecule has 0 atom stereocenters. The molecule has 1 fully saturated rings. The maximum absolute atomic E-state index is 13.6. The number of rotatable bonds is 5. The summed E-state index contributed by atoms with van der Waals surface area (Å²) < 4.78 is 34.8. The van der Waals surface area contributed by atoms with Crippen LogP contribution in [0, 0.1) is 6.92 Å². The van der Waals surface area contributed by atoms with Gasteiger partial charge in [0.1, 0.15) is 5.75 Å². The molecule has 1 saturated heterocycles. The summed E-state index contributed by atoms with van der Waals surface area (Å²) in [6.45, 7) is 0.788. The molecule has 3 heterocycles. The van der Waals surface area contributed by atoms with Gasteiger partial charge in [0, 0.05) is 43.4 Å². The third-order valence-electron chi connectivity index (χ3n) is 7.61. The average Bonchev–Trinajstić information content (AvgIpc) is 2.92. The summed E-state index contributed by atoms with van der Waals surface area (Å²) in [7, 11) is 1.54. The molecule has 39 heavy (non-hydrogen) atoms. The highest BCUT2D eigenvalue weighted by Crippen LogP contribution is 2.42. The number of pyridine rings is 1. The fourth-order valence-corrected chi connectivity index (χ4v) is 5.94. The first-order valence-corrected chi connectivity index (χ1v) is 13.0. The van der Waals surface area contributed by atoms with Gasteiger partial charge in [-0.15, -0.1) is 0 Å². The summed E-state index contributed by atoms with van der Waals surface area (Å²) in [6.07, 6.45) is 2.89. The Balaban J connectivity index is 1.36. The highest BCUT2D eigenvalue weighted by Gasteiger charge is 2.44. The molecule has 0 unspecified atom stereocenters. The number of fused-ring (bicyclic) bond motifs is 2. The van der Waals surface area contributed by atoms with Crippen LogP contribution in [0.4, 0.5) is 8.78 Å². The van der Waals surface area contributed by atoms with Gasteiger partial charge in [-0.3, -0.25) is 9.59 Å². The van der Waals surface area contributed by atoms with E-state index in [0.29, 0.717) is 50.5 Å². The van der Waals surface area contributed by atoms with Crippen LogP contribution in [-0.2, 0) is 12.0 Å². The largest absolute Gasteiger partial charge is 0.481 e. The summed E-state index contributed by atoms with van der Waals surface area (Å²) in [5.74, 6) is 0.0177. The number of carbonyl (C=O) groups is 2. The molecular formula is C29H28ClF2N3O4. The molecule has 1 spiro atoms. The predicted octanol–water partition coefficient (Wildman–Crippen LogP) is 5.48. The lowest BCUT2D eigenvalue weighted by atomic mass is 9.68. The van der Waals surface area contributed by atoms with E-state index >= 15 is 0 Å². The van der Waals surface area contributed by atoms with E-state index in [1.807, 2.05) is 30.0 Å². The van der Waals surface area contributed by atoms with Gasteiger partial charge in [0.05, 0.1) is 23.3 Å². The van der Waals surface area contributed by atoms with Crippen molar-refractivity contribution in [2.75, 3.05) is 26.7 Å². The van der Waals surface area contributed by atoms with Crippen LogP contribution in [0.5, 0.6) is 11.6 Å². The van der Waals surface area contributed by atoms with Crippen LogP contribution in [0.15, 0.2) is 54.7 Å². The van der Waals surface area contributed by atoms with Gasteiger partial charge < -0.3 is 19.3 Å². The first-order chi connectivity index (χ1) is 18.7. The molecule has 3 aromatic rings. The summed E-state index contributed by atoms with van der Waals surface area (Å²) in [5, 5.41) is 0.0508. The van der Waals surface area contributed by atoms with E-state index in [9.17, 15) is 18.4 Å². The Morgan fingerprint density at radius 3 is 2.46 bits per heavy atom. The Kier molecular flexibility index (Phi) is 7.44. The van der Waals surface area contributed by atoms with E-state index in [4.69, 9.17) is 16.3 Å². The number of aryl methyl sites for hydroxylation is 1. The van der Waals surface area contributed by atoms with Gasteiger partial charge >= 0.3 is 6.61 Å². The molecule has 0 radical (unpaired) electrons. The minimum absolute atomic E-state index is 0.0508. The van der Waals surface area contributed by atoms with E-state index < -0.39 is 6.61 Å². The van der Waals surface area contributed by atoms with Gasteiger partial charge in [-0.25, -0.2) is 4.98 Å². The molecule has 0 aliphatic carbocycles. The fraction of sp³-hybridized carbons (Fsp3) is 0.345. The lowest BCUT2D eigenvalue weighted by molar-refractivity contribution is -0.0498. The second kappa shape index (κ2) is 10.8. The van der Waals surface area contributed by atoms with Crippen molar-refractivity contribution in [2.45, 2.75) is 38.3 Å². The van der Waals surface area contributed by atoms with Gasteiger partial charge in [0.25, 0.3) is 11.8 Å². The maximum Gasteiger partial charge on any atom is 0.387 e. The van der Waals surface area contributed by atoms with Crippen molar-refractivity contribution in [3.63, 3.8) is 0 Å². The Morgan fingerprint density at radius 1 is 1.05 bits per heavy atom. The lowest BCUT2D eigenvalue weighted by Gasteiger charge is -2.48. The van der Waals surface area contributed by atoms with E-state index in [-0.39, 0.29) is 33.6 Å². The van der Waals surface area contributed by atoms with Crippen LogP contribution >= 0.6 is 11.6 Å². The maximum atomic E-state index is 13.6. The number of alkyl halides is 2. The van der Waals surface area contributed by atoms with Crippen molar-refractivity contribution in [1.82, 2.24) is 14.8 Å². The highest BCUT2D eigenvalue weighted by molar-refractivity contribution is 6.34. The second-order valence-electron chi connectivity index (χ2n) is 9.96. The molecule has 0 bridgehead atoms. The predicted molar refractivity (Wildman–Crippen MR) is 142 cm³/mol. The SMILES string of the molecule is COc1ncc(C(=O)N2CCC3(CC2)CN(C(=O)c2ccc(OC(F)F)cc2Cl)Cc2ccccc23)cc1C. The first-order valence-electron chi connectivity index (χ1n) is 12.6. The number of carbonyl (C=O) groups excluding carboxylic acids is 2. The molecule has 204 valence electrons. The van der Waals surface area contributed by atoms with Gasteiger partial charge in [-0.1, -0.05) is 35.9 Å². The molecule has 2 amide bonds. The second-order valence-corrected chi connectivity index (χ2v) is 10.4. The molecule has 10 heteroatoms. The minimum Gasteiger partial charge on any atom is -0.481 e. The number of likely N-dealkylation sites (tertiary alicyclic amines) is 1. The van der Waals surface area contributed by atoms with Crippen LogP contribution in [0.2, 0.25) is 5.02 Å². The van der Waals surface area contributed by atoms with Crippen molar-refractivity contribution in [2.24, 2.45) is 0 Å². The fourth-order valence-electron chi connectivity index (χ4n) is 5.69. The van der Waals surface area contributed by atoms with Crippen LogP contribution in [0.3, 0.4) is 0 Å². The van der Waals surface area contributed by atoms with E-state index in [1.165, 1.54) is 30.0 Å². The zero-order chi connectivity index (χ0) is 27.7. The monoisotopic (exact) mass is 555 g/mol.